The largest absolute Gasteiger partial charge is 0.392 e. The average Bonchev–Trinajstić information content (AvgIpc) is 2.47. The molecule has 1 aliphatic rings. The van der Waals surface area contributed by atoms with Gasteiger partial charge in [-0.2, -0.15) is 0 Å². The van der Waals surface area contributed by atoms with E-state index in [1.54, 1.807) is 6.08 Å². The van der Waals surface area contributed by atoms with Crippen LogP contribution in [-0.4, -0.2) is 29.7 Å². The van der Waals surface area contributed by atoms with Crippen LogP contribution >= 0.6 is 0 Å². The second-order valence-electron chi connectivity index (χ2n) is 4.80. The number of aliphatic hydroxyl groups is 1. The van der Waals surface area contributed by atoms with Gasteiger partial charge in [-0.25, -0.2) is 0 Å². The molecule has 1 saturated heterocycles. The molecule has 0 radical (unpaired) electrons. The minimum absolute atomic E-state index is 0.0287. The summed E-state index contributed by atoms with van der Waals surface area (Å²) < 4.78 is 11.5. The van der Waals surface area contributed by atoms with Crippen LogP contribution in [0.5, 0.6) is 0 Å². The molecule has 0 aromatic rings. The summed E-state index contributed by atoms with van der Waals surface area (Å²) in [7, 11) is 0. The summed E-state index contributed by atoms with van der Waals surface area (Å²) in [6, 6.07) is 0. The Morgan fingerprint density at radius 2 is 1.75 bits per heavy atom. The quantitative estimate of drug-likeness (QED) is 0.747. The third-order valence-corrected chi connectivity index (χ3v) is 2.28. The van der Waals surface area contributed by atoms with Crippen molar-refractivity contribution < 1.29 is 14.6 Å². The van der Waals surface area contributed by atoms with Gasteiger partial charge in [0, 0.05) is 0 Å². The van der Waals surface area contributed by atoms with Crippen LogP contribution in [0.4, 0.5) is 0 Å². The van der Waals surface area contributed by atoms with Gasteiger partial charge in [0.05, 0.1) is 6.61 Å². The maximum Gasteiger partial charge on any atom is 0.164 e. The Bertz CT molecular complexity index is 266. The van der Waals surface area contributed by atoms with Gasteiger partial charge in [-0.3, -0.25) is 0 Å². The van der Waals surface area contributed by atoms with Crippen molar-refractivity contribution in [2.24, 2.45) is 5.92 Å². The van der Waals surface area contributed by atoms with E-state index in [4.69, 9.17) is 14.6 Å². The number of allylic oxidation sites excluding steroid dienone is 1. The monoisotopic (exact) mass is 226 g/mol. The van der Waals surface area contributed by atoms with Crippen molar-refractivity contribution >= 4 is 0 Å². The molecule has 0 aromatic carbocycles. The number of ether oxygens (including phenoxy) is 2. The van der Waals surface area contributed by atoms with Crippen molar-refractivity contribution in [2.75, 3.05) is 6.61 Å². The summed E-state index contributed by atoms with van der Waals surface area (Å²) in [4.78, 5) is 0. The van der Waals surface area contributed by atoms with E-state index in [0.29, 0.717) is 5.92 Å². The van der Waals surface area contributed by atoms with Gasteiger partial charge in [0.1, 0.15) is 12.2 Å². The molecule has 1 rings (SSSR count). The van der Waals surface area contributed by atoms with E-state index in [1.165, 1.54) is 0 Å². The van der Waals surface area contributed by atoms with Gasteiger partial charge in [0.25, 0.3) is 0 Å². The minimum Gasteiger partial charge on any atom is -0.392 e. The lowest BCUT2D eigenvalue weighted by Gasteiger charge is -2.15. The molecule has 0 bridgehead atoms. The third kappa shape index (κ3) is 4.08. The fraction of sp³-hybridized carbons (Fsp3) is 0.692. The first-order valence-electron chi connectivity index (χ1n) is 5.76. The predicted octanol–water partition coefficient (Wildman–Crippen LogP) is 2.27. The predicted molar refractivity (Wildman–Crippen MR) is 64.0 cm³/mol. The molecule has 0 saturated carbocycles. The summed E-state index contributed by atoms with van der Waals surface area (Å²) >= 11 is 0. The van der Waals surface area contributed by atoms with Crippen LogP contribution < -0.4 is 0 Å². The molecule has 1 heterocycles. The van der Waals surface area contributed by atoms with Crippen LogP contribution in [0.2, 0.25) is 0 Å². The second kappa shape index (κ2) is 5.62. The molecule has 0 aromatic heterocycles. The summed E-state index contributed by atoms with van der Waals surface area (Å²) in [5, 5.41) is 8.76. The Kier molecular flexibility index (Phi) is 4.71. The van der Waals surface area contributed by atoms with E-state index in [-0.39, 0.29) is 18.8 Å². The molecular weight excluding hydrogens is 204 g/mol. The van der Waals surface area contributed by atoms with Crippen LogP contribution in [0, 0.1) is 5.92 Å². The van der Waals surface area contributed by atoms with Gasteiger partial charge < -0.3 is 14.6 Å². The van der Waals surface area contributed by atoms with Crippen molar-refractivity contribution in [1.82, 2.24) is 0 Å². The summed E-state index contributed by atoms with van der Waals surface area (Å²) in [5.74, 6) is -0.0639. The van der Waals surface area contributed by atoms with Crippen LogP contribution in [0.3, 0.4) is 0 Å². The van der Waals surface area contributed by atoms with E-state index in [2.05, 4.69) is 19.9 Å². The average molecular weight is 226 g/mol. The Hall–Kier alpha value is -0.640. The van der Waals surface area contributed by atoms with E-state index in [1.807, 2.05) is 26.0 Å². The van der Waals surface area contributed by atoms with E-state index < -0.39 is 5.79 Å². The second-order valence-corrected chi connectivity index (χ2v) is 4.80. The molecule has 3 nitrogen and oxygen atoms in total. The molecule has 1 aliphatic heterocycles. The number of rotatable bonds is 4. The molecule has 0 unspecified atom stereocenters. The molecule has 1 fully saturated rings. The smallest absolute Gasteiger partial charge is 0.164 e. The molecule has 0 aliphatic carbocycles. The van der Waals surface area contributed by atoms with Crippen molar-refractivity contribution in [3.8, 4) is 0 Å². The molecule has 3 heteroatoms. The fourth-order valence-corrected chi connectivity index (χ4v) is 1.64. The zero-order valence-corrected chi connectivity index (χ0v) is 10.5. The standard InChI is InChI=1S/C13H22O3/c1-10(2)7-8-12-11(6-5-9-14)15-13(3,4)16-12/h5-8,10-12,14H,9H2,1-4H3/b6-5+,8-7+/t11-,12-/m1/s1. The number of hydrogen-bond donors (Lipinski definition) is 1. The Morgan fingerprint density at radius 3 is 2.25 bits per heavy atom. The van der Waals surface area contributed by atoms with Gasteiger partial charge in [-0.1, -0.05) is 38.2 Å². The highest BCUT2D eigenvalue weighted by atomic mass is 16.7. The zero-order chi connectivity index (χ0) is 12.2. The molecule has 0 spiro atoms. The maximum absolute atomic E-state index is 8.76. The lowest BCUT2D eigenvalue weighted by atomic mass is 10.1. The summed E-state index contributed by atoms with van der Waals surface area (Å²) in [6.45, 7) is 8.07. The van der Waals surface area contributed by atoms with Crippen molar-refractivity contribution in [2.45, 2.75) is 45.7 Å². The number of hydrogen-bond acceptors (Lipinski definition) is 3. The third-order valence-electron chi connectivity index (χ3n) is 2.28. The van der Waals surface area contributed by atoms with Crippen molar-refractivity contribution in [3.05, 3.63) is 24.3 Å². The summed E-state index contributed by atoms with van der Waals surface area (Å²) in [5.41, 5.74) is 0. The van der Waals surface area contributed by atoms with E-state index in [0.717, 1.165) is 0 Å². The van der Waals surface area contributed by atoms with E-state index >= 15 is 0 Å². The highest BCUT2D eigenvalue weighted by molar-refractivity contribution is 5.06. The topological polar surface area (TPSA) is 38.7 Å². The molecule has 2 atom stereocenters. The minimum atomic E-state index is -0.559. The van der Waals surface area contributed by atoms with Gasteiger partial charge in [-0.05, 0) is 19.8 Å². The first-order valence-corrected chi connectivity index (χ1v) is 5.76. The Morgan fingerprint density at radius 1 is 1.19 bits per heavy atom. The molecule has 0 amide bonds. The van der Waals surface area contributed by atoms with Crippen molar-refractivity contribution in [1.29, 1.82) is 0 Å². The van der Waals surface area contributed by atoms with Crippen LogP contribution in [0.1, 0.15) is 27.7 Å². The highest BCUT2D eigenvalue weighted by Crippen LogP contribution is 2.29. The maximum atomic E-state index is 8.76. The van der Waals surface area contributed by atoms with Crippen LogP contribution in [0.15, 0.2) is 24.3 Å². The van der Waals surface area contributed by atoms with Gasteiger partial charge in [-0.15, -0.1) is 0 Å². The highest BCUT2D eigenvalue weighted by Gasteiger charge is 2.38. The first-order chi connectivity index (χ1) is 7.44. The Balaban J connectivity index is 2.68. The SMILES string of the molecule is CC(C)/C=C/[C@H]1OC(C)(C)O[C@@H]1/C=C/CO. The van der Waals surface area contributed by atoms with Crippen LogP contribution in [0.25, 0.3) is 0 Å². The lowest BCUT2D eigenvalue weighted by molar-refractivity contribution is -0.139. The zero-order valence-electron chi connectivity index (χ0n) is 10.5. The molecule has 16 heavy (non-hydrogen) atoms. The fourth-order valence-electron chi connectivity index (χ4n) is 1.64. The van der Waals surface area contributed by atoms with Crippen molar-refractivity contribution in [3.63, 3.8) is 0 Å². The first kappa shape index (κ1) is 13.4. The molecular formula is C13H22O3. The number of aliphatic hydroxyl groups excluding tert-OH is 1. The normalized spacial score (nSPS) is 29.9. The summed E-state index contributed by atoms with van der Waals surface area (Å²) in [6.07, 6.45) is 7.49. The van der Waals surface area contributed by atoms with Gasteiger partial charge >= 0.3 is 0 Å². The Labute approximate surface area is 97.8 Å². The van der Waals surface area contributed by atoms with Gasteiger partial charge in [0.2, 0.25) is 0 Å². The molecule has 1 N–H and O–H groups in total. The van der Waals surface area contributed by atoms with Gasteiger partial charge in [0.15, 0.2) is 5.79 Å². The lowest BCUT2D eigenvalue weighted by Crippen LogP contribution is -2.20. The molecule has 92 valence electrons. The van der Waals surface area contributed by atoms with E-state index in [9.17, 15) is 0 Å². The van der Waals surface area contributed by atoms with Crippen LogP contribution in [-0.2, 0) is 9.47 Å².